The first kappa shape index (κ1) is 16.9. The number of rotatable bonds is 5. The lowest BCUT2D eigenvalue weighted by molar-refractivity contribution is 0.0629. The number of aromatic nitrogens is 3. The second kappa shape index (κ2) is 6.19. The summed E-state index contributed by atoms with van der Waals surface area (Å²) in [5, 5.41) is 5.32. The van der Waals surface area contributed by atoms with E-state index < -0.39 is 0 Å². The van der Waals surface area contributed by atoms with E-state index in [1.165, 1.54) is 0 Å². The van der Waals surface area contributed by atoms with Gasteiger partial charge in [-0.15, -0.1) is 0 Å². The molecule has 1 aliphatic carbocycles. The predicted octanol–water partition coefficient (Wildman–Crippen LogP) is 3.97. The lowest BCUT2D eigenvalue weighted by Gasteiger charge is -2.32. The SMILES string of the molecule is Cc1cc(C(=O)N(C2CC2)C(C)C(C)C)c2cnn(C(C)C)c2n1. The second-order valence-corrected chi connectivity index (χ2v) is 7.66. The van der Waals surface area contributed by atoms with Gasteiger partial charge in [-0.3, -0.25) is 4.79 Å². The standard InChI is InChI=1S/C19H28N4O/c1-11(2)14(6)22(15-7-8-15)19(24)16-9-13(5)21-18-17(16)10-20-23(18)12(3)4/h9-12,14-15H,7-8H2,1-6H3. The lowest BCUT2D eigenvalue weighted by Crippen LogP contribution is -2.43. The molecule has 0 aromatic carbocycles. The van der Waals surface area contributed by atoms with Crippen LogP contribution in [0, 0.1) is 12.8 Å². The van der Waals surface area contributed by atoms with Crippen molar-refractivity contribution in [3.63, 3.8) is 0 Å². The van der Waals surface area contributed by atoms with Gasteiger partial charge in [0.1, 0.15) is 0 Å². The van der Waals surface area contributed by atoms with Crippen LogP contribution in [-0.2, 0) is 0 Å². The number of hydrogen-bond acceptors (Lipinski definition) is 3. The van der Waals surface area contributed by atoms with E-state index >= 15 is 0 Å². The minimum atomic E-state index is 0.123. The topological polar surface area (TPSA) is 51.0 Å². The Hall–Kier alpha value is -1.91. The highest BCUT2D eigenvalue weighted by Gasteiger charge is 2.37. The number of carbonyl (C=O) groups is 1. The molecule has 1 amide bonds. The van der Waals surface area contributed by atoms with Crippen molar-refractivity contribution in [2.24, 2.45) is 5.92 Å². The number of fused-ring (bicyclic) bond motifs is 1. The quantitative estimate of drug-likeness (QED) is 0.834. The van der Waals surface area contributed by atoms with Crippen molar-refractivity contribution in [1.29, 1.82) is 0 Å². The van der Waals surface area contributed by atoms with Crippen LogP contribution in [0.5, 0.6) is 0 Å². The molecule has 1 aliphatic rings. The van der Waals surface area contributed by atoms with Crippen molar-refractivity contribution < 1.29 is 4.79 Å². The second-order valence-electron chi connectivity index (χ2n) is 7.66. The highest BCUT2D eigenvalue weighted by Crippen LogP contribution is 2.33. The predicted molar refractivity (Wildman–Crippen MR) is 96.1 cm³/mol. The Kier molecular flexibility index (Phi) is 4.37. The molecule has 0 bridgehead atoms. The highest BCUT2D eigenvalue weighted by atomic mass is 16.2. The van der Waals surface area contributed by atoms with Gasteiger partial charge in [0, 0.05) is 23.8 Å². The van der Waals surface area contributed by atoms with Gasteiger partial charge in [0.25, 0.3) is 5.91 Å². The van der Waals surface area contributed by atoms with E-state index in [0.717, 1.165) is 35.1 Å². The number of amides is 1. The third-order valence-electron chi connectivity index (χ3n) is 4.99. The van der Waals surface area contributed by atoms with Crippen molar-refractivity contribution >= 4 is 16.9 Å². The van der Waals surface area contributed by atoms with E-state index in [2.05, 4.69) is 49.6 Å². The molecule has 2 heterocycles. The van der Waals surface area contributed by atoms with Gasteiger partial charge in [-0.1, -0.05) is 13.8 Å². The molecule has 5 heteroatoms. The van der Waals surface area contributed by atoms with Crippen LogP contribution in [0.25, 0.3) is 11.0 Å². The van der Waals surface area contributed by atoms with Crippen LogP contribution in [-0.4, -0.2) is 37.7 Å². The van der Waals surface area contributed by atoms with Crippen LogP contribution in [0.15, 0.2) is 12.3 Å². The number of pyridine rings is 1. The molecule has 1 unspecified atom stereocenters. The Labute approximate surface area is 144 Å². The fourth-order valence-electron chi connectivity index (χ4n) is 3.19. The van der Waals surface area contributed by atoms with Crippen molar-refractivity contribution in [2.45, 2.75) is 72.5 Å². The molecule has 5 nitrogen and oxygen atoms in total. The molecule has 2 aromatic heterocycles. The zero-order valence-corrected chi connectivity index (χ0v) is 15.6. The fourth-order valence-corrected chi connectivity index (χ4v) is 3.19. The Balaban J connectivity index is 2.09. The summed E-state index contributed by atoms with van der Waals surface area (Å²) in [5.41, 5.74) is 2.41. The summed E-state index contributed by atoms with van der Waals surface area (Å²) < 4.78 is 1.90. The summed E-state index contributed by atoms with van der Waals surface area (Å²) in [4.78, 5) is 20.1. The number of nitrogens with zero attached hydrogens (tertiary/aromatic N) is 4. The van der Waals surface area contributed by atoms with Crippen molar-refractivity contribution in [2.75, 3.05) is 0 Å². The molecule has 0 spiro atoms. The van der Waals surface area contributed by atoms with Gasteiger partial charge in [-0.2, -0.15) is 5.10 Å². The van der Waals surface area contributed by atoms with Gasteiger partial charge in [0.05, 0.1) is 17.1 Å². The monoisotopic (exact) mass is 328 g/mol. The Bertz CT molecular complexity index is 758. The molecule has 0 radical (unpaired) electrons. The minimum Gasteiger partial charge on any atom is -0.333 e. The molecule has 1 fully saturated rings. The fraction of sp³-hybridized carbons (Fsp3) is 0.632. The number of carbonyl (C=O) groups excluding carboxylic acids is 1. The molecule has 1 saturated carbocycles. The normalized spacial score (nSPS) is 16.2. The summed E-state index contributed by atoms with van der Waals surface area (Å²) >= 11 is 0. The Morgan fingerprint density at radius 2 is 1.92 bits per heavy atom. The maximum atomic E-state index is 13.4. The largest absolute Gasteiger partial charge is 0.333 e. The van der Waals surface area contributed by atoms with Gasteiger partial charge < -0.3 is 4.90 Å². The molecule has 1 atom stereocenters. The smallest absolute Gasteiger partial charge is 0.255 e. The first-order valence-corrected chi connectivity index (χ1v) is 8.98. The zero-order valence-electron chi connectivity index (χ0n) is 15.6. The van der Waals surface area contributed by atoms with Crippen molar-refractivity contribution in [1.82, 2.24) is 19.7 Å². The van der Waals surface area contributed by atoms with E-state index in [0.29, 0.717) is 12.0 Å². The Morgan fingerprint density at radius 3 is 2.46 bits per heavy atom. The maximum Gasteiger partial charge on any atom is 0.255 e. The Morgan fingerprint density at radius 1 is 1.25 bits per heavy atom. The molecular formula is C19H28N4O. The van der Waals surface area contributed by atoms with Crippen LogP contribution < -0.4 is 0 Å². The van der Waals surface area contributed by atoms with Gasteiger partial charge in [-0.25, -0.2) is 9.67 Å². The van der Waals surface area contributed by atoms with Crippen LogP contribution in [0.4, 0.5) is 0 Å². The average molecular weight is 328 g/mol. The molecule has 3 rings (SSSR count). The van der Waals surface area contributed by atoms with Crippen molar-refractivity contribution in [3.05, 3.63) is 23.5 Å². The molecule has 0 N–H and O–H groups in total. The molecule has 0 aliphatic heterocycles. The van der Waals surface area contributed by atoms with Crippen LogP contribution in [0.2, 0.25) is 0 Å². The van der Waals surface area contributed by atoms with E-state index in [9.17, 15) is 4.79 Å². The molecule has 130 valence electrons. The van der Waals surface area contributed by atoms with E-state index in [1.807, 2.05) is 17.7 Å². The van der Waals surface area contributed by atoms with E-state index in [-0.39, 0.29) is 18.0 Å². The van der Waals surface area contributed by atoms with Crippen molar-refractivity contribution in [3.8, 4) is 0 Å². The highest BCUT2D eigenvalue weighted by molar-refractivity contribution is 6.05. The van der Waals surface area contributed by atoms with Gasteiger partial charge in [-0.05, 0) is 52.5 Å². The summed E-state index contributed by atoms with van der Waals surface area (Å²) in [5.74, 6) is 0.559. The lowest BCUT2D eigenvalue weighted by atomic mass is 10.0. The van der Waals surface area contributed by atoms with Gasteiger partial charge in [0.15, 0.2) is 5.65 Å². The van der Waals surface area contributed by atoms with Crippen LogP contribution in [0.3, 0.4) is 0 Å². The molecule has 0 saturated heterocycles. The third kappa shape index (κ3) is 2.92. The maximum absolute atomic E-state index is 13.4. The van der Waals surface area contributed by atoms with Gasteiger partial charge >= 0.3 is 0 Å². The zero-order chi connectivity index (χ0) is 17.6. The first-order valence-electron chi connectivity index (χ1n) is 8.98. The van der Waals surface area contributed by atoms with Gasteiger partial charge in [0.2, 0.25) is 0 Å². The van der Waals surface area contributed by atoms with E-state index in [1.54, 1.807) is 6.20 Å². The average Bonchev–Trinajstić information content (AvgIpc) is 3.24. The summed E-state index contributed by atoms with van der Waals surface area (Å²) in [7, 11) is 0. The molecular weight excluding hydrogens is 300 g/mol. The third-order valence-corrected chi connectivity index (χ3v) is 4.99. The minimum absolute atomic E-state index is 0.123. The first-order chi connectivity index (χ1) is 11.3. The summed E-state index contributed by atoms with van der Waals surface area (Å²) in [6.45, 7) is 12.6. The summed E-state index contributed by atoms with van der Waals surface area (Å²) in [6.07, 6.45) is 4.02. The van der Waals surface area contributed by atoms with E-state index in [4.69, 9.17) is 0 Å². The molecule has 24 heavy (non-hydrogen) atoms. The molecule has 2 aromatic rings. The van der Waals surface area contributed by atoms with Crippen LogP contribution >= 0.6 is 0 Å². The number of hydrogen-bond donors (Lipinski definition) is 0. The van der Waals surface area contributed by atoms with Crippen LogP contribution in [0.1, 0.15) is 69.6 Å². The number of aryl methyl sites for hydroxylation is 1. The summed E-state index contributed by atoms with van der Waals surface area (Å²) in [6, 6.07) is 2.75.